The lowest BCUT2D eigenvalue weighted by atomic mass is 10.0. The van der Waals surface area contributed by atoms with Crippen LogP contribution in [-0.4, -0.2) is 78.8 Å². The number of nitrogens with one attached hydrogen (secondary N) is 1. The molecule has 37 heavy (non-hydrogen) atoms. The first-order valence-corrected chi connectivity index (χ1v) is 12.6. The Hall–Kier alpha value is -4.01. The number of hydrogen-bond acceptors (Lipinski definition) is 6. The molecule has 0 unspecified atom stereocenters. The van der Waals surface area contributed by atoms with Gasteiger partial charge < -0.3 is 24.2 Å². The van der Waals surface area contributed by atoms with Gasteiger partial charge in [0.1, 0.15) is 0 Å². The molecule has 2 aliphatic rings. The number of aromatic nitrogens is 2. The van der Waals surface area contributed by atoms with Gasteiger partial charge in [-0.05, 0) is 36.2 Å². The van der Waals surface area contributed by atoms with E-state index in [0.29, 0.717) is 49.8 Å². The van der Waals surface area contributed by atoms with E-state index in [4.69, 9.17) is 9.47 Å². The van der Waals surface area contributed by atoms with Crippen molar-refractivity contribution >= 4 is 17.5 Å². The molecule has 1 aromatic heterocycles. The average molecular weight is 504 g/mol. The Bertz CT molecular complexity index is 1300. The van der Waals surface area contributed by atoms with E-state index in [1.54, 1.807) is 14.2 Å². The van der Waals surface area contributed by atoms with Crippen molar-refractivity contribution in [3.63, 3.8) is 0 Å². The number of para-hydroxylation sites is 1. The average Bonchev–Trinajstić information content (AvgIpc) is 3.36. The lowest BCUT2D eigenvalue weighted by Crippen LogP contribution is -2.49. The van der Waals surface area contributed by atoms with Gasteiger partial charge in [0.2, 0.25) is 5.91 Å². The first-order valence-electron chi connectivity index (χ1n) is 12.6. The number of rotatable bonds is 6. The summed E-state index contributed by atoms with van der Waals surface area (Å²) in [6.07, 6.45) is 0.895. The fourth-order valence-electron chi connectivity index (χ4n) is 5.18. The number of benzene rings is 2. The molecule has 9 heteroatoms. The lowest BCUT2D eigenvalue weighted by Gasteiger charge is -2.36. The van der Waals surface area contributed by atoms with Crippen LogP contribution in [0.1, 0.15) is 32.9 Å². The monoisotopic (exact) mass is 503 g/mol. The molecule has 194 valence electrons. The molecule has 0 atom stereocenters. The fourth-order valence-corrected chi connectivity index (χ4v) is 5.18. The van der Waals surface area contributed by atoms with Crippen LogP contribution in [0.3, 0.4) is 0 Å². The highest BCUT2D eigenvalue weighted by atomic mass is 16.5. The zero-order valence-corrected chi connectivity index (χ0v) is 21.6. The normalized spacial score (nSPS) is 15.4. The Morgan fingerprint density at radius 1 is 0.946 bits per heavy atom. The topological polar surface area (TPSA) is 91.0 Å². The number of aromatic amines is 1. The summed E-state index contributed by atoms with van der Waals surface area (Å²) in [6.45, 7) is 5.90. The molecular formula is C28H33N5O4. The van der Waals surface area contributed by atoms with E-state index in [9.17, 15) is 9.59 Å². The van der Waals surface area contributed by atoms with Gasteiger partial charge in [0.25, 0.3) is 5.91 Å². The molecule has 2 aromatic carbocycles. The molecule has 5 rings (SSSR count). The molecule has 1 fully saturated rings. The van der Waals surface area contributed by atoms with Crippen molar-refractivity contribution in [2.75, 3.05) is 51.8 Å². The van der Waals surface area contributed by atoms with Gasteiger partial charge in [-0.2, -0.15) is 5.10 Å². The number of amides is 2. The number of piperazine rings is 1. The second-order valence-corrected chi connectivity index (χ2v) is 9.53. The van der Waals surface area contributed by atoms with Gasteiger partial charge in [-0.15, -0.1) is 0 Å². The van der Waals surface area contributed by atoms with E-state index in [1.165, 1.54) is 11.3 Å². The molecule has 3 aromatic rings. The van der Waals surface area contributed by atoms with Crippen molar-refractivity contribution in [2.24, 2.45) is 0 Å². The van der Waals surface area contributed by atoms with E-state index in [2.05, 4.69) is 34.2 Å². The molecule has 0 saturated carbocycles. The Morgan fingerprint density at radius 2 is 1.70 bits per heavy atom. The summed E-state index contributed by atoms with van der Waals surface area (Å²) in [4.78, 5) is 32.6. The standard InChI is InChI=1S/C28H33N5O4/c1-19-6-4-5-7-23(19)31-12-14-32(15-13-31)28(35)27-21-18-33(11-10-22(21)29-30-27)26(34)17-20-8-9-24(36-2)25(16-20)37-3/h4-9,16H,10-15,17-18H2,1-3H3,(H,29,30). The van der Waals surface area contributed by atoms with Crippen LogP contribution in [0.2, 0.25) is 0 Å². The summed E-state index contributed by atoms with van der Waals surface area (Å²) in [5.41, 5.74) is 5.51. The van der Waals surface area contributed by atoms with E-state index < -0.39 is 0 Å². The van der Waals surface area contributed by atoms with Crippen molar-refractivity contribution in [1.29, 1.82) is 0 Å². The molecule has 1 saturated heterocycles. The highest BCUT2D eigenvalue weighted by Crippen LogP contribution is 2.29. The summed E-state index contributed by atoms with van der Waals surface area (Å²) in [7, 11) is 3.16. The van der Waals surface area contributed by atoms with Crippen LogP contribution in [0, 0.1) is 6.92 Å². The molecule has 0 bridgehead atoms. The van der Waals surface area contributed by atoms with Crippen molar-refractivity contribution in [2.45, 2.75) is 26.3 Å². The minimum absolute atomic E-state index is 0.00399. The molecule has 0 aliphatic carbocycles. The predicted molar refractivity (Wildman–Crippen MR) is 140 cm³/mol. The van der Waals surface area contributed by atoms with Gasteiger partial charge in [0.15, 0.2) is 17.2 Å². The maximum Gasteiger partial charge on any atom is 0.274 e. The van der Waals surface area contributed by atoms with E-state index in [-0.39, 0.29) is 18.2 Å². The number of fused-ring (bicyclic) bond motifs is 1. The number of carbonyl (C=O) groups excluding carboxylic acids is 2. The molecule has 2 amide bonds. The van der Waals surface area contributed by atoms with Crippen LogP contribution in [0.15, 0.2) is 42.5 Å². The Balaban J connectivity index is 1.24. The van der Waals surface area contributed by atoms with Gasteiger partial charge >= 0.3 is 0 Å². The molecular weight excluding hydrogens is 470 g/mol. The SMILES string of the molecule is COc1ccc(CC(=O)N2CCc3[nH]nc(C(=O)N4CCN(c5ccccc5C)CC4)c3C2)cc1OC. The molecule has 0 spiro atoms. The second-order valence-electron chi connectivity index (χ2n) is 9.53. The number of H-pyrrole nitrogens is 1. The third kappa shape index (κ3) is 4.98. The van der Waals surface area contributed by atoms with Crippen LogP contribution in [-0.2, 0) is 24.2 Å². The van der Waals surface area contributed by atoms with Crippen LogP contribution in [0.25, 0.3) is 0 Å². The minimum atomic E-state index is -0.0730. The van der Waals surface area contributed by atoms with E-state index in [0.717, 1.165) is 29.9 Å². The summed E-state index contributed by atoms with van der Waals surface area (Å²) >= 11 is 0. The van der Waals surface area contributed by atoms with Crippen LogP contribution in [0.4, 0.5) is 5.69 Å². The highest BCUT2D eigenvalue weighted by Gasteiger charge is 2.31. The van der Waals surface area contributed by atoms with Crippen LogP contribution >= 0.6 is 0 Å². The van der Waals surface area contributed by atoms with Crippen molar-refractivity contribution < 1.29 is 19.1 Å². The summed E-state index contributed by atoms with van der Waals surface area (Å²) in [5.74, 6) is 1.15. The second kappa shape index (κ2) is 10.5. The van der Waals surface area contributed by atoms with Gasteiger partial charge in [0.05, 0.1) is 20.6 Å². The van der Waals surface area contributed by atoms with Crippen molar-refractivity contribution in [3.8, 4) is 11.5 Å². The Kier molecular flexibility index (Phi) is 7.03. The number of methoxy groups -OCH3 is 2. The zero-order chi connectivity index (χ0) is 25.9. The smallest absolute Gasteiger partial charge is 0.274 e. The Labute approximate surface area is 217 Å². The minimum Gasteiger partial charge on any atom is -0.493 e. The maximum atomic E-state index is 13.4. The number of aryl methyl sites for hydroxylation is 1. The summed E-state index contributed by atoms with van der Waals surface area (Å²) < 4.78 is 10.7. The largest absolute Gasteiger partial charge is 0.493 e. The lowest BCUT2D eigenvalue weighted by molar-refractivity contribution is -0.131. The number of nitrogens with zero attached hydrogens (tertiary/aromatic N) is 4. The summed E-state index contributed by atoms with van der Waals surface area (Å²) in [5, 5.41) is 7.43. The van der Waals surface area contributed by atoms with Crippen LogP contribution < -0.4 is 14.4 Å². The van der Waals surface area contributed by atoms with Gasteiger partial charge in [-0.1, -0.05) is 24.3 Å². The fraction of sp³-hybridized carbons (Fsp3) is 0.393. The number of ether oxygens (including phenoxy) is 2. The first-order chi connectivity index (χ1) is 18.0. The third-order valence-corrected chi connectivity index (χ3v) is 7.32. The highest BCUT2D eigenvalue weighted by molar-refractivity contribution is 5.94. The number of anilines is 1. The summed E-state index contributed by atoms with van der Waals surface area (Å²) in [6, 6.07) is 13.8. The van der Waals surface area contributed by atoms with Gasteiger partial charge in [-0.25, -0.2) is 0 Å². The first kappa shape index (κ1) is 24.7. The Morgan fingerprint density at radius 3 is 2.43 bits per heavy atom. The van der Waals surface area contributed by atoms with Crippen LogP contribution in [0.5, 0.6) is 11.5 Å². The quantitative estimate of drug-likeness (QED) is 0.556. The number of hydrogen-bond donors (Lipinski definition) is 1. The third-order valence-electron chi connectivity index (χ3n) is 7.32. The zero-order valence-electron chi connectivity index (χ0n) is 21.6. The molecule has 2 aliphatic heterocycles. The van der Waals surface area contributed by atoms with Crippen molar-refractivity contribution in [3.05, 3.63) is 70.5 Å². The van der Waals surface area contributed by atoms with E-state index >= 15 is 0 Å². The predicted octanol–water partition coefficient (Wildman–Crippen LogP) is 2.83. The molecule has 0 radical (unpaired) electrons. The number of carbonyl (C=O) groups is 2. The van der Waals surface area contributed by atoms with Crippen molar-refractivity contribution in [1.82, 2.24) is 20.0 Å². The van der Waals surface area contributed by atoms with Gasteiger partial charge in [0, 0.05) is 62.6 Å². The molecule has 9 nitrogen and oxygen atoms in total. The molecule has 3 heterocycles. The molecule has 1 N–H and O–H groups in total. The maximum absolute atomic E-state index is 13.4. The van der Waals surface area contributed by atoms with Gasteiger partial charge in [-0.3, -0.25) is 14.7 Å². The van der Waals surface area contributed by atoms with E-state index in [1.807, 2.05) is 40.1 Å².